The van der Waals surface area contributed by atoms with Crippen molar-refractivity contribution in [2.75, 3.05) is 38.0 Å². The highest BCUT2D eigenvalue weighted by atomic mass is 16.5. The minimum Gasteiger partial charge on any atom is -0.496 e. The topological polar surface area (TPSA) is 114 Å². The van der Waals surface area contributed by atoms with Crippen molar-refractivity contribution in [1.29, 1.82) is 0 Å². The number of hydrogen-bond donors (Lipinski definition) is 3. The highest BCUT2D eigenvalue weighted by Crippen LogP contribution is 2.24. The standard InChI is InChI=1S/C21H23N5O4/c1-13-11-17(19-16(24-13)5-4-8-22-19)26-21(28)25-14-6-7-18(30-3)15(12-14)20(27)23-9-10-29-2/h4-8,11-12H,9-10H2,1-3H3,(H,23,27)(H2,24,25,26,28). The Kier molecular flexibility index (Phi) is 6.76. The van der Waals surface area contributed by atoms with Crippen LogP contribution in [0.3, 0.4) is 0 Å². The molecule has 0 aliphatic carbocycles. The Morgan fingerprint density at radius 1 is 1.10 bits per heavy atom. The van der Waals surface area contributed by atoms with Crippen LogP contribution in [0.15, 0.2) is 42.6 Å². The summed E-state index contributed by atoms with van der Waals surface area (Å²) in [6.07, 6.45) is 1.64. The van der Waals surface area contributed by atoms with Gasteiger partial charge in [0.15, 0.2) is 0 Å². The molecule has 2 heterocycles. The van der Waals surface area contributed by atoms with Crippen LogP contribution in [0.5, 0.6) is 5.75 Å². The molecule has 0 radical (unpaired) electrons. The van der Waals surface area contributed by atoms with Gasteiger partial charge in [0.05, 0.1) is 30.5 Å². The van der Waals surface area contributed by atoms with Crippen LogP contribution < -0.4 is 20.7 Å². The molecule has 9 nitrogen and oxygen atoms in total. The number of aromatic nitrogens is 2. The second-order valence-electron chi connectivity index (χ2n) is 6.43. The number of carbonyl (C=O) groups excluding carboxylic acids is 2. The molecule has 3 rings (SSSR count). The molecule has 9 heteroatoms. The Morgan fingerprint density at radius 2 is 1.93 bits per heavy atom. The molecule has 1 aromatic carbocycles. The lowest BCUT2D eigenvalue weighted by molar-refractivity contribution is 0.0934. The number of anilines is 2. The molecule has 3 N–H and O–H groups in total. The molecule has 3 aromatic rings. The van der Waals surface area contributed by atoms with Gasteiger partial charge < -0.3 is 25.4 Å². The Morgan fingerprint density at radius 3 is 2.70 bits per heavy atom. The third kappa shape index (κ3) is 5.00. The fraction of sp³-hybridized carbons (Fsp3) is 0.238. The van der Waals surface area contributed by atoms with Crippen molar-refractivity contribution in [2.45, 2.75) is 6.92 Å². The molecule has 0 spiro atoms. The smallest absolute Gasteiger partial charge is 0.323 e. The van der Waals surface area contributed by atoms with E-state index in [9.17, 15) is 9.59 Å². The Bertz CT molecular complexity index is 1070. The van der Waals surface area contributed by atoms with E-state index in [0.717, 1.165) is 5.69 Å². The van der Waals surface area contributed by atoms with Gasteiger partial charge in [-0.1, -0.05) is 0 Å². The number of amides is 3. The number of rotatable bonds is 7. The van der Waals surface area contributed by atoms with E-state index in [1.165, 1.54) is 7.11 Å². The van der Waals surface area contributed by atoms with Gasteiger partial charge in [0, 0.05) is 31.2 Å². The van der Waals surface area contributed by atoms with Crippen LogP contribution in [0.4, 0.5) is 16.2 Å². The van der Waals surface area contributed by atoms with Crippen LogP contribution >= 0.6 is 0 Å². The summed E-state index contributed by atoms with van der Waals surface area (Å²) in [5, 5.41) is 8.26. The number of urea groups is 1. The summed E-state index contributed by atoms with van der Waals surface area (Å²) >= 11 is 0. The van der Waals surface area contributed by atoms with E-state index in [-0.39, 0.29) is 5.91 Å². The van der Waals surface area contributed by atoms with Gasteiger partial charge in [-0.3, -0.25) is 14.8 Å². The van der Waals surface area contributed by atoms with Gasteiger partial charge in [-0.05, 0) is 43.3 Å². The van der Waals surface area contributed by atoms with E-state index in [1.807, 2.05) is 13.0 Å². The number of hydrogen-bond acceptors (Lipinski definition) is 6. The van der Waals surface area contributed by atoms with Gasteiger partial charge in [-0.25, -0.2) is 4.79 Å². The molecule has 0 saturated heterocycles. The van der Waals surface area contributed by atoms with Crippen molar-refractivity contribution >= 4 is 34.3 Å². The zero-order chi connectivity index (χ0) is 21.5. The summed E-state index contributed by atoms with van der Waals surface area (Å²) in [5.74, 6) is 0.0729. The van der Waals surface area contributed by atoms with E-state index < -0.39 is 6.03 Å². The lowest BCUT2D eigenvalue weighted by atomic mass is 10.1. The van der Waals surface area contributed by atoms with E-state index in [4.69, 9.17) is 9.47 Å². The van der Waals surface area contributed by atoms with Crippen molar-refractivity contribution in [3.05, 3.63) is 53.9 Å². The number of methoxy groups -OCH3 is 2. The molecule has 2 aromatic heterocycles. The lowest BCUT2D eigenvalue weighted by Gasteiger charge is -2.13. The average Bonchev–Trinajstić information content (AvgIpc) is 2.73. The summed E-state index contributed by atoms with van der Waals surface area (Å²) < 4.78 is 10.2. The van der Waals surface area contributed by atoms with Crippen LogP contribution in [-0.4, -0.2) is 49.3 Å². The number of pyridine rings is 2. The Labute approximate surface area is 173 Å². The quantitative estimate of drug-likeness (QED) is 0.517. The minimum atomic E-state index is -0.469. The molecular weight excluding hydrogens is 386 g/mol. The minimum absolute atomic E-state index is 0.304. The number of nitrogens with zero attached hydrogens (tertiary/aromatic N) is 2. The van der Waals surface area contributed by atoms with Gasteiger partial charge in [0.25, 0.3) is 5.91 Å². The first-order valence-electron chi connectivity index (χ1n) is 9.27. The molecule has 0 atom stereocenters. The molecule has 3 amide bonds. The van der Waals surface area contributed by atoms with Crippen molar-refractivity contribution in [1.82, 2.24) is 15.3 Å². The number of benzene rings is 1. The monoisotopic (exact) mass is 409 g/mol. The number of carbonyl (C=O) groups is 2. The largest absolute Gasteiger partial charge is 0.496 e. The third-order valence-electron chi connectivity index (χ3n) is 4.23. The second kappa shape index (κ2) is 9.66. The first-order valence-corrected chi connectivity index (χ1v) is 9.27. The normalized spacial score (nSPS) is 10.5. The summed E-state index contributed by atoms with van der Waals surface area (Å²) in [4.78, 5) is 33.7. The van der Waals surface area contributed by atoms with E-state index >= 15 is 0 Å². The maximum absolute atomic E-state index is 12.6. The molecular formula is C21H23N5O4. The molecule has 156 valence electrons. The lowest BCUT2D eigenvalue weighted by Crippen LogP contribution is -2.27. The van der Waals surface area contributed by atoms with Crippen molar-refractivity contribution in [3.8, 4) is 5.75 Å². The van der Waals surface area contributed by atoms with Gasteiger partial charge in [-0.15, -0.1) is 0 Å². The molecule has 0 aliphatic rings. The Balaban J connectivity index is 1.77. The number of nitrogens with one attached hydrogen (secondary N) is 3. The van der Waals surface area contributed by atoms with E-state index in [2.05, 4.69) is 25.9 Å². The van der Waals surface area contributed by atoms with Crippen LogP contribution in [0.25, 0.3) is 11.0 Å². The average molecular weight is 409 g/mol. The zero-order valence-corrected chi connectivity index (χ0v) is 17.0. The van der Waals surface area contributed by atoms with E-state index in [1.54, 1.807) is 43.6 Å². The summed E-state index contributed by atoms with van der Waals surface area (Å²) in [7, 11) is 3.03. The SMILES string of the molecule is COCCNC(=O)c1cc(NC(=O)Nc2cc(C)nc3cccnc23)ccc1OC. The summed E-state index contributed by atoms with van der Waals surface area (Å²) in [6, 6.07) is 9.72. The highest BCUT2D eigenvalue weighted by molar-refractivity contribution is 6.05. The van der Waals surface area contributed by atoms with Crippen molar-refractivity contribution < 1.29 is 19.1 Å². The van der Waals surface area contributed by atoms with E-state index in [0.29, 0.717) is 46.9 Å². The van der Waals surface area contributed by atoms with Gasteiger partial charge in [0.1, 0.15) is 11.3 Å². The Hall–Kier alpha value is -3.72. The maximum atomic E-state index is 12.6. The van der Waals surface area contributed by atoms with Crippen LogP contribution in [-0.2, 0) is 4.74 Å². The van der Waals surface area contributed by atoms with Crippen molar-refractivity contribution in [3.63, 3.8) is 0 Å². The first kappa shape index (κ1) is 21.0. The summed E-state index contributed by atoms with van der Waals surface area (Å²) in [5.41, 5.74) is 3.32. The third-order valence-corrected chi connectivity index (χ3v) is 4.23. The molecule has 0 fully saturated rings. The van der Waals surface area contributed by atoms with Crippen molar-refractivity contribution in [2.24, 2.45) is 0 Å². The molecule has 30 heavy (non-hydrogen) atoms. The molecule has 0 aliphatic heterocycles. The predicted octanol–water partition coefficient (Wildman–Crippen LogP) is 2.97. The fourth-order valence-electron chi connectivity index (χ4n) is 2.90. The molecule has 0 saturated carbocycles. The van der Waals surface area contributed by atoms with Crippen LogP contribution in [0.2, 0.25) is 0 Å². The first-order chi connectivity index (χ1) is 14.5. The maximum Gasteiger partial charge on any atom is 0.323 e. The number of ether oxygens (including phenoxy) is 2. The second-order valence-corrected chi connectivity index (χ2v) is 6.43. The zero-order valence-electron chi connectivity index (χ0n) is 17.0. The molecule has 0 unspecified atom stereocenters. The van der Waals surface area contributed by atoms with Crippen LogP contribution in [0, 0.1) is 6.92 Å². The molecule has 0 bridgehead atoms. The predicted molar refractivity (Wildman–Crippen MR) is 114 cm³/mol. The van der Waals surface area contributed by atoms with Gasteiger partial charge >= 0.3 is 6.03 Å². The van der Waals surface area contributed by atoms with Gasteiger partial charge in [-0.2, -0.15) is 0 Å². The van der Waals surface area contributed by atoms with Gasteiger partial charge in [0.2, 0.25) is 0 Å². The number of aryl methyl sites for hydroxylation is 1. The van der Waals surface area contributed by atoms with Crippen LogP contribution in [0.1, 0.15) is 16.1 Å². The number of fused-ring (bicyclic) bond motifs is 1. The summed E-state index contributed by atoms with van der Waals surface area (Å²) in [6.45, 7) is 2.59. The fourth-order valence-corrected chi connectivity index (χ4v) is 2.90. The highest BCUT2D eigenvalue weighted by Gasteiger charge is 2.15.